The number of hydrogen-bond donors (Lipinski definition) is 2. The number of nitrogens with one attached hydrogen (secondary N) is 2. The molecule has 0 bridgehead atoms. The summed E-state index contributed by atoms with van der Waals surface area (Å²) >= 11 is 11.8. The zero-order valence-electron chi connectivity index (χ0n) is 13.9. The van der Waals surface area contributed by atoms with Gasteiger partial charge in [-0.1, -0.05) is 23.2 Å². The standard InChI is InChI=1S/C19H16Cl2N2O3/c1-26-14-3-5-17-13(9-14)8-12(19(25)23-17)6-7-22-18(24)11-2-4-15(20)16(21)10-11/h2-5,8-10H,6-7H2,1H3,(H,22,24)(H,23,25). The van der Waals surface area contributed by atoms with E-state index in [0.29, 0.717) is 39.9 Å². The molecule has 1 heterocycles. The highest BCUT2D eigenvalue weighted by Gasteiger charge is 2.09. The molecule has 0 unspecified atom stereocenters. The smallest absolute Gasteiger partial charge is 0.251 e. The monoisotopic (exact) mass is 390 g/mol. The van der Waals surface area contributed by atoms with Crippen molar-refractivity contribution in [1.29, 1.82) is 0 Å². The van der Waals surface area contributed by atoms with Crippen molar-refractivity contribution in [3.63, 3.8) is 0 Å². The number of carbonyl (C=O) groups is 1. The Kier molecular flexibility index (Phi) is 5.49. The number of pyridine rings is 1. The first-order valence-corrected chi connectivity index (χ1v) is 8.67. The van der Waals surface area contributed by atoms with Crippen LogP contribution in [0.5, 0.6) is 5.75 Å². The van der Waals surface area contributed by atoms with Gasteiger partial charge in [-0.25, -0.2) is 0 Å². The van der Waals surface area contributed by atoms with E-state index in [1.54, 1.807) is 31.4 Å². The summed E-state index contributed by atoms with van der Waals surface area (Å²) in [7, 11) is 1.59. The Hall–Kier alpha value is -2.50. The van der Waals surface area contributed by atoms with Crippen LogP contribution in [0, 0.1) is 0 Å². The Morgan fingerprint density at radius 1 is 1.12 bits per heavy atom. The molecule has 0 radical (unpaired) electrons. The van der Waals surface area contributed by atoms with E-state index in [1.807, 2.05) is 12.1 Å². The number of H-pyrrole nitrogens is 1. The van der Waals surface area contributed by atoms with Crippen molar-refractivity contribution >= 4 is 40.0 Å². The second kappa shape index (κ2) is 7.81. The zero-order chi connectivity index (χ0) is 18.7. The number of halogens is 2. The van der Waals surface area contributed by atoms with Crippen LogP contribution in [0.15, 0.2) is 47.3 Å². The molecule has 1 aromatic heterocycles. The van der Waals surface area contributed by atoms with Crippen molar-refractivity contribution in [3.8, 4) is 5.75 Å². The lowest BCUT2D eigenvalue weighted by Crippen LogP contribution is -2.27. The molecule has 0 aliphatic rings. The SMILES string of the molecule is COc1ccc2[nH]c(=O)c(CCNC(=O)c3ccc(Cl)c(Cl)c3)cc2c1. The number of ether oxygens (including phenoxy) is 1. The third kappa shape index (κ3) is 4.00. The van der Waals surface area contributed by atoms with Gasteiger partial charge in [-0.3, -0.25) is 9.59 Å². The number of hydrogen-bond acceptors (Lipinski definition) is 3. The number of benzene rings is 2. The molecule has 5 nitrogen and oxygen atoms in total. The number of rotatable bonds is 5. The molecule has 134 valence electrons. The van der Waals surface area contributed by atoms with Gasteiger partial charge < -0.3 is 15.0 Å². The molecule has 0 aliphatic carbocycles. The summed E-state index contributed by atoms with van der Waals surface area (Å²) in [6.07, 6.45) is 0.398. The Morgan fingerprint density at radius 2 is 1.92 bits per heavy atom. The zero-order valence-corrected chi connectivity index (χ0v) is 15.4. The van der Waals surface area contributed by atoms with E-state index in [9.17, 15) is 9.59 Å². The number of fused-ring (bicyclic) bond motifs is 1. The molecule has 0 atom stereocenters. The van der Waals surface area contributed by atoms with E-state index < -0.39 is 0 Å². The van der Waals surface area contributed by atoms with Crippen molar-refractivity contribution < 1.29 is 9.53 Å². The minimum atomic E-state index is -0.276. The van der Waals surface area contributed by atoms with Crippen LogP contribution in [-0.4, -0.2) is 24.5 Å². The van der Waals surface area contributed by atoms with Crippen molar-refractivity contribution in [3.05, 3.63) is 74.0 Å². The topological polar surface area (TPSA) is 71.2 Å². The van der Waals surface area contributed by atoms with Crippen molar-refractivity contribution in [1.82, 2.24) is 10.3 Å². The minimum absolute atomic E-state index is 0.175. The largest absolute Gasteiger partial charge is 0.497 e. The maximum atomic E-state index is 12.2. The van der Waals surface area contributed by atoms with E-state index in [1.165, 1.54) is 6.07 Å². The minimum Gasteiger partial charge on any atom is -0.497 e. The van der Waals surface area contributed by atoms with E-state index in [2.05, 4.69) is 10.3 Å². The van der Waals surface area contributed by atoms with Crippen LogP contribution in [0.25, 0.3) is 10.9 Å². The van der Waals surface area contributed by atoms with Crippen LogP contribution < -0.4 is 15.6 Å². The first-order valence-electron chi connectivity index (χ1n) is 7.91. The molecule has 1 amide bonds. The van der Waals surface area contributed by atoms with Gasteiger partial charge in [-0.2, -0.15) is 0 Å². The fraction of sp³-hybridized carbons (Fsp3) is 0.158. The molecule has 0 saturated heterocycles. The summed E-state index contributed by atoms with van der Waals surface area (Å²) in [4.78, 5) is 27.2. The number of carbonyl (C=O) groups excluding carboxylic acids is 1. The third-order valence-electron chi connectivity index (χ3n) is 3.99. The highest BCUT2D eigenvalue weighted by molar-refractivity contribution is 6.42. The number of aromatic amines is 1. The van der Waals surface area contributed by atoms with E-state index >= 15 is 0 Å². The van der Waals surface area contributed by atoms with Gasteiger partial charge in [-0.15, -0.1) is 0 Å². The van der Waals surface area contributed by atoms with Crippen LogP contribution in [0.2, 0.25) is 10.0 Å². The van der Waals surface area contributed by atoms with E-state index in [-0.39, 0.29) is 11.5 Å². The summed E-state index contributed by atoms with van der Waals surface area (Å²) in [6.45, 7) is 0.317. The quantitative estimate of drug-likeness (QED) is 0.695. The Bertz CT molecular complexity index is 1030. The molecule has 2 aromatic carbocycles. The predicted molar refractivity (Wildman–Crippen MR) is 104 cm³/mol. The lowest BCUT2D eigenvalue weighted by Gasteiger charge is -2.08. The van der Waals surface area contributed by atoms with Crippen LogP contribution in [0.3, 0.4) is 0 Å². The highest BCUT2D eigenvalue weighted by atomic mass is 35.5. The first kappa shape index (κ1) is 18.3. The Labute approximate surface area is 159 Å². The van der Waals surface area contributed by atoms with Crippen LogP contribution >= 0.6 is 23.2 Å². The number of amides is 1. The van der Waals surface area contributed by atoms with E-state index in [0.717, 1.165) is 10.9 Å². The normalized spacial score (nSPS) is 10.7. The van der Waals surface area contributed by atoms with Crippen molar-refractivity contribution in [2.75, 3.05) is 13.7 Å². The summed E-state index contributed by atoms with van der Waals surface area (Å²) in [5.41, 5.74) is 1.56. The molecule has 0 saturated carbocycles. The van der Waals surface area contributed by atoms with Gasteiger partial charge in [0.2, 0.25) is 0 Å². The average Bonchev–Trinajstić information content (AvgIpc) is 2.63. The van der Waals surface area contributed by atoms with Gasteiger partial charge in [0, 0.05) is 28.6 Å². The van der Waals surface area contributed by atoms with Crippen molar-refractivity contribution in [2.24, 2.45) is 0 Å². The van der Waals surface area contributed by atoms with Gasteiger partial charge >= 0.3 is 0 Å². The third-order valence-corrected chi connectivity index (χ3v) is 4.73. The maximum Gasteiger partial charge on any atom is 0.251 e. The van der Waals surface area contributed by atoms with Gasteiger partial charge in [0.05, 0.1) is 17.2 Å². The Balaban J connectivity index is 1.70. The highest BCUT2D eigenvalue weighted by Crippen LogP contribution is 2.22. The summed E-state index contributed by atoms with van der Waals surface area (Å²) < 4.78 is 5.20. The first-order chi connectivity index (χ1) is 12.5. The van der Waals surface area contributed by atoms with Gasteiger partial charge in [0.15, 0.2) is 0 Å². The molecule has 26 heavy (non-hydrogen) atoms. The van der Waals surface area contributed by atoms with Crippen LogP contribution in [0.1, 0.15) is 15.9 Å². The molecular formula is C19H16Cl2N2O3. The molecular weight excluding hydrogens is 375 g/mol. The van der Waals surface area contributed by atoms with Crippen LogP contribution in [0.4, 0.5) is 0 Å². The molecule has 7 heteroatoms. The number of methoxy groups -OCH3 is 1. The average molecular weight is 391 g/mol. The summed E-state index contributed by atoms with van der Waals surface area (Å²) in [6, 6.07) is 11.9. The number of aromatic nitrogens is 1. The molecule has 0 fully saturated rings. The predicted octanol–water partition coefficient (Wildman–Crippen LogP) is 3.82. The molecule has 0 spiro atoms. The second-order valence-corrected chi connectivity index (χ2v) is 6.53. The fourth-order valence-corrected chi connectivity index (χ4v) is 2.89. The fourth-order valence-electron chi connectivity index (χ4n) is 2.59. The lowest BCUT2D eigenvalue weighted by atomic mass is 10.1. The van der Waals surface area contributed by atoms with E-state index in [4.69, 9.17) is 27.9 Å². The summed E-state index contributed by atoms with van der Waals surface area (Å²) in [5.74, 6) is 0.436. The molecule has 0 aliphatic heterocycles. The maximum absolute atomic E-state index is 12.2. The molecule has 3 aromatic rings. The molecule has 2 N–H and O–H groups in total. The van der Waals surface area contributed by atoms with Gasteiger partial charge in [0.25, 0.3) is 11.5 Å². The van der Waals surface area contributed by atoms with Gasteiger partial charge in [-0.05, 0) is 48.9 Å². The molecule has 3 rings (SSSR count). The van der Waals surface area contributed by atoms with Crippen molar-refractivity contribution in [2.45, 2.75) is 6.42 Å². The lowest BCUT2D eigenvalue weighted by molar-refractivity contribution is 0.0954. The second-order valence-electron chi connectivity index (χ2n) is 5.71. The van der Waals surface area contributed by atoms with Crippen LogP contribution in [-0.2, 0) is 6.42 Å². The van der Waals surface area contributed by atoms with Gasteiger partial charge in [0.1, 0.15) is 5.75 Å². The summed E-state index contributed by atoms with van der Waals surface area (Å²) in [5, 5.41) is 4.35. The Morgan fingerprint density at radius 3 is 2.65 bits per heavy atom.